The van der Waals surface area contributed by atoms with Crippen LogP contribution >= 0.6 is 0 Å². The van der Waals surface area contributed by atoms with Crippen LogP contribution in [0.5, 0.6) is 5.75 Å². The second-order valence-corrected chi connectivity index (χ2v) is 6.65. The fourth-order valence-electron chi connectivity index (χ4n) is 3.47. The molecule has 0 saturated carbocycles. The molecular formula is C19H23N3O5. The van der Waals surface area contributed by atoms with Gasteiger partial charge >= 0.3 is 17.8 Å². The maximum atomic E-state index is 12.8. The smallest absolute Gasteiger partial charge is 0.339 e. The Hall–Kier alpha value is -2.90. The van der Waals surface area contributed by atoms with Gasteiger partial charge in [0.2, 0.25) is 5.91 Å². The summed E-state index contributed by atoms with van der Waals surface area (Å²) >= 11 is 0. The van der Waals surface area contributed by atoms with Gasteiger partial charge in [0.05, 0.1) is 12.3 Å². The van der Waals surface area contributed by atoms with Crippen LogP contribution in [0.15, 0.2) is 24.3 Å². The van der Waals surface area contributed by atoms with E-state index >= 15 is 0 Å². The standard InChI is InChI=1S/C19H23N3O5/c1-3-27-15-10-5-4-9-14(15)22-18(25)17(24)21(19(22)26)12-16(23)20-11-7-6-8-13(20)2/h4-5,9-10,13H,3,6-8,11-12H2,1-2H3/t13-/m1/s1. The summed E-state index contributed by atoms with van der Waals surface area (Å²) < 4.78 is 5.46. The number of ether oxygens (including phenoxy) is 1. The molecule has 2 aliphatic heterocycles. The van der Waals surface area contributed by atoms with Crippen LogP contribution in [0.25, 0.3) is 0 Å². The van der Waals surface area contributed by atoms with Crippen LogP contribution in [-0.2, 0) is 14.4 Å². The average molecular weight is 373 g/mol. The van der Waals surface area contributed by atoms with Crippen molar-refractivity contribution in [2.24, 2.45) is 0 Å². The molecule has 0 aromatic heterocycles. The van der Waals surface area contributed by atoms with Gasteiger partial charge in [-0.1, -0.05) is 12.1 Å². The SMILES string of the molecule is CCOc1ccccc1N1C(=O)C(=O)N(CC(=O)N2CCCC[C@H]2C)C1=O. The molecule has 8 nitrogen and oxygen atoms in total. The van der Waals surface area contributed by atoms with Gasteiger partial charge in [-0.3, -0.25) is 14.4 Å². The summed E-state index contributed by atoms with van der Waals surface area (Å²) in [7, 11) is 0. The van der Waals surface area contributed by atoms with E-state index in [1.165, 1.54) is 6.07 Å². The maximum absolute atomic E-state index is 12.8. The normalized spacial score (nSPS) is 20.4. The van der Waals surface area contributed by atoms with Crippen molar-refractivity contribution in [3.8, 4) is 5.75 Å². The number of hydrogen-bond acceptors (Lipinski definition) is 5. The number of benzene rings is 1. The lowest BCUT2D eigenvalue weighted by Gasteiger charge is -2.34. The summed E-state index contributed by atoms with van der Waals surface area (Å²) in [5, 5.41) is 0. The lowest BCUT2D eigenvalue weighted by molar-refractivity contribution is -0.143. The highest BCUT2D eigenvalue weighted by molar-refractivity contribution is 6.53. The van der Waals surface area contributed by atoms with Gasteiger partial charge < -0.3 is 9.64 Å². The van der Waals surface area contributed by atoms with Crippen LogP contribution in [0.3, 0.4) is 0 Å². The Kier molecular flexibility index (Phi) is 5.43. The Morgan fingerprint density at radius 3 is 2.59 bits per heavy atom. The fourth-order valence-corrected chi connectivity index (χ4v) is 3.47. The van der Waals surface area contributed by atoms with Gasteiger partial charge in [-0.2, -0.15) is 0 Å². The van der Waals surface area contributed by atoms with Gasteiger partial charge in [-0.15, -0.1) is 0 Å². The van der Waals surface area contributed by atoms with E-state index in [0.717, 1.165) is 24.2 Å². The average Bonchev–Trinajstić information content (AvgIpc) is 2.86. The van der Waals surface area contributed by atoms with Gasteiger partial charge in [0.1, 0.15) is 12.3 Å². The third-order valence-corrected chi connectivity index (χ3v) is 4.88. The summed E-state index contributed by atoms with van der Waals surface area (Å²) in [6, 6.07) is 5.74. The maximum Gasteiger partial charge on any atom is 0.339 e. The van der Waals surface area contributed by atoms with Crippen molar-refractivity contribution in [1.82, 2.24) is 9.80 Å². The first-order valence-corrected chi connectivity index (χ1v) is 9.17. The monoisotopic (exact) mass is 373 g/mol. The van der Waals surface area contributed by atoms with Gasteiger partial charge in [0.15, 0.2) is 0 Å². The predicted octanol–water partition coefficient (Wildman–Crippen LogP) is 1.78. The van der Waals surface area contributed by atoms with Crippen molar-refractivity contribution >= 4 is 29.4 Å². The lowest BCUT2D eigenvalue weighted by atomic mass is 10.0. The highest BCUT2D eigenvalue weighted by Gasteiger charge is 2.47. The number of imide groups is 2. The number of carbonyl (C=O) groups excluding carboxylic acids is 4. The van der Waals surface area contributed by atoms with Gasteiger partial charge in [0.25, 0.3) is 0 Å². The highest BCUT2D eigenvalue weighted by atomic mass is 16.5. The van der Waals surface area contributed by atoms with Crippen molar-refractivity contribution < 1.29 is 23.9 Å². The van der Waals surface area contributed by atoms with E-state index in [-0.39, 0.29) is 17.6 Å². The van der Waals surface area contributed by atoms with Crippen LogP contribution in [0.1, 0.15) is 33.1 Å². The molecule has 3 rings (SSSR count). The number of hydrogen-bond donors (Lipinski definition) is 0. The van der Waals surface area contributed by atoms with E-state index in [4.69, 9.17) is 4.74 Å². The molecule has 2 heterocycles. The number of likely N-dealkylation sites (tertiary alicyclic amines) is 1. The molecule has 27 heavy (non-hydrogen) atoms. The van der Waals surface area contributed by atoms with Gasteiger partial charge in [-0.05, 0) is 45.2 Å². The number of piperidine rings is 1. The molecule has 1 aromatic rings. The number of anilines is 1. The van der Waals surface area contributed by atoms with Crippen molar-refractivity contribution in [1.29, 1.82) is 0 Å². The van der Waals surface area contributed by atoms with E-state index in [0.29, 0.717) is 23.8 Å². The second kappa shape index (κ2) is 7.77. The first kappa shape index (κ1) is 18.9. The Labute approximate surface area is 157 Å². The first-order chi connectivity index (χ1) is 13.0. The van der Waals surface area contributed by atoms with Crippen LogP contribution in [-0.4, -0.2) is 59.3 Å². The molecule has 2 aliphatic rings. The molecule has 0 radical (unpaired) electrons. The summed E-state index contributed by atoms with van der Waals surface area (Å²) in [5.41, 5.74) is 0.198. The van der Waals surface area contributed by atoms with Gasteiger partial charge in [-0.25, -0.2) is 14.6 Å². The van der Waals surface area contributed by atoms with E-state index in [1.807, 2.05) is 6.92 Å². The largest absolute Gasteiger partial charge is 0.492 e. The van der Waals surface area contributed by atoms with E-state index in [1.54, 1.807) is 30.0 Å². The van der Waals surface area contributed by atoms with E-state index in [9.17, 15) is 19.2 Å². The summed E-state index contributed by atoms with van der Waals surface area (Å²) in [4.78, 5) is 53.3. The van der Waals surface area contributed by atoms with Crippen molar-refractivity contribution in [2.45, 2.75) is 39.2 Å². The van der Waals surface area contributed by atoms with Crippen LogP contribution in [0, 0.1) is 0 Å². The molecule has 2 fully saturated rings. The quantitative estimate of drug-likeness (QED) is 0.580. The Balaban J connectivity index is 1.81. The zero-order chi connectivity index (χ0) is 19.6. The summed E-state index contributed by atoms with van der Waals surface area (Å²) in [6.07, 6.45) is 2.83. The van der Waals surface area contributed by atoms with E-state index < -0.39 is 24.4 Å². The molecule has 2 saturated heterocycles. The lowest BCUT2D eigenvalue weighted by Crippen LogP contribution is -2.48. The number of rotatable bonds is 5. The molecule has 0 aliphatic carbocycles. The molecule has 8 heteroatoms. The number of urea groups is 1. The third-order valence-electron chi connectivity index (χ3n) is 4.88. The van der Waals surface area contributed by atoms with E-state index in [2.05, 4.69) is 0 Å². The summed E-state index contributed by atoms with van der Waals surface area (Å²) in [6.45, 7) is 4.24. The predicted molar refractivity (Wildman–Crippen MR) is 97.2 cm³/mol. The minimum absolute atomic E-state index is 0.0598. The number of nitrogens with zero attached hydrogens (tertiary/aromatic N) is 3. The molecule has 5 amide bonds. The minimum atomic E-state index is -0.996. The molecule has 1 aromatic carbocycles. The summed E-state index contributed by atoms with van der Waals surface area (Å²) in [5.74, 6) is -1.97. The second-order valence-electron chi connectivity index (χ2n) is 6.65. The Morgan fingerprint density at radius 2 is 1.89 bits per heavy atom. The van der Waals surface area contributed by atoms with Crippen molar-refractivity contribution in [3.05, 3.63) is 24.3 Å². The number of amides is 5. The molecule has 0 N–H and O–H groups in total. The highest BCUT2D eigenvalue weighted by Crippen LogP contribution is 2.31. The molecule has 0 bridgehead atoms. The molecule has 1 atom stereocenters. The molecular weight excluding hydrogens is 350 g/mol. The molecule has 0 unspecified atom stereocenters. The van der Waals surface area contributed by atoms with Crippen LogP contribution < -0.4 is 9.64 Å². The number of carbonyl (C=O) groups is 4. The molecule has 0 spiro atoms. The number of para-hydroxylation sites is 2. The third kappa shape index (κ3) is 3.51. The Morgan fingerprint density at radius 1 is 1.15 bits per heavy atom. The molecule has 144 valence electrons. The zero-order valence-corrected chi connectivity index (χ0v) is 15.5. The fraction of sp³-hybridized carbons (Fsp3) is 0.474. The van der Waals surface area contributed by atoms with Crippen molar-refractivity contribution in [2.75, 3.05) is 24.6 Å². The van der Waals surface area contributed by atoms with Gasteiger partial charge in [0, 0.05) is 12.6 Å². The van der Waals surface area contributed by atoms with Crippen molar-refractivity contribution in [3.63, 3.8) is 0 Å². The van der Waals surface area contributed by atoms with Crippen LogP contribution in [0.2, 0.25) is 0 Å². The zero-order valence-electron chi connectivity index (χ0n) is 15.5. The topological polar surface area (TPSA) is 87.2 Å². The Bertz CT molecular complexity index is 778. The first-order valence-electron chi connectivity index (χ1n) is 9.17. The van der Waals surface area contributed by atoms with Crippen LogP contribution in [0.4, 0.5) is 10.5 Å². The minimum Gasteiger partial charge on any atom is -0.492 e.